The summed E-state index contributed by atoms with van der Waals surface area (Å²) >= 11 is 0. The summed E-state index contributed by atoms with van der Waals surface area (Å²) in [5, 5.41) is 2.88. The van der Waals surface area contributed by atoms with Crippen LogP contribution in [0.5, 0.6) is 0 Å². The quantitative estimate of drug-likeness (QED) is 0.759. The minimum atomic E-state index is 0.0329. The molecule has 1 aliphatic heterocycles. The molecule has 2 heterocycles. The summed E-state index contributed by atoms with van der Waals surface area (Å²) in [6, 6.07) is 3.87. The lowest BCUT2D eigenvalue weighted by Gasteiger charge is -2.12. The van der Waals surface area contributed by atoms with E-state index in [2.05, 4.69) is 5.32 Å². The van der Waals surface area contributed by atoms with Gasteiger partial charge < -0.3 is 14.6 Å². The molecule has 0 aliphatic carbocycles. The molecule has 1 saturated heterocycles. The largest absolute Gasteiger partial charge is 0.384 e. The molecule has 0 aromatic carbocycles. The van der Waals surface area contributed by atoms with Crippen molar-refractivity contribution in [3.63, 3.8) is 0 Å². The molecule has 1 aliphatic rings. The normalized spacial score (nSPS) is 21.1. The van der Waals surface area contributed by atoms with Gasteiger partial charge in [0, 0.05) is 19.9 Å². The lowest BCUT2D eigenvalue weighted by Crippen LogP contribution is -2.26. The van der Waals surface area contributed by atoms with Gasteiger partial charge >= 0.3 is 0 Å². The van der Waals surface area contributed by atoms with Crippen LogP contribution in [0, 0.1) is 0 Å². The minimum Gasteiger partial charge on any atom is -0.384 e. The molecule has 1 aromatic heterocycles. The molecule has 2 rings (SSSR count). The standard InChI is InChI=1S/C10H14N2O2/c1-11-9-3-2-5-12(10(9)13)8-4-6-14-7-8/h2-3,5,8,11H,4,6-7H2,1H3/t8-/m1/s1. The van der Waals surface area contributed by atoms with E-state index in [-0.39, 0.29) is 11.6 Å². The summed E-state index contributed by atoms with van der Waals surface area (Å²) < 4.78 is 7.01. The topological polar surface area (TPSA) is 43.3 Å². The number of hydrogen-bond donors (Lipinski definition) is 1. The van der Waals surface area contributed by atoms with Crippen molar-refractivity contribution in [1.82, 2.24) is 4.57 Å². The lowest BCUT2D eigenvalue weighted by molar-refractivity contribution is 0.186. The molecule has 4 heteroatoms. The number of ether oxygens (including phenoxy) is 1. The van der Waals surface area contributed by atoms with Crippen LogP contribution < -0.4 is 10.9 Å². The Morgan fingerprint density at radius 3 is 3.14 bits per heavy atom. The van der Waals surface area contributed by atoms with E-state index in [1.165, 1.54) is 0 Å². The average molecular weight is 194 g/mol. The number of aromatic nitrogens is 1. The first kappa shape index (κ1) is 9.27. The van der Waals surface area contributed by atoms with Gasteiger partial charge in [-0.05, 0) is 18.6 Å². The van der Waals surface area contributed by atoms with Gasteiger partial charge in [0.2, 0.25) is 0 Å². The Bertz CT molecular complexity index is 367. The van der Waals surface area contributed by atoms with Gasteiger partial charge in [-0.2, -0.15) is 0 Å². The Hall–Kier alpha value is -1.29. The van der Waals surface area contributed by atoms with E-state index < -0.39 is 0 Å². The van der Waals surface area contributed by atoms with E-state index in [0.29, 0.717) is 12.3 Å². The fourth-order valence-corrected chi connectivity index (χ4v) is 1.73. The van der Waals surface area contributed by atoms with Crippen LogP contribution in [0.3, 0.4) is 0 Å². The first-order valence-electron chi connectivity index (χ1n) is 4.79. The van der Waals surface area contributed by atoms with Crippen molar-refractivity contribution in [1.29, 1.82) is 0 Å². The summed E-state index contributed by atoms with van der Waals surface area (Å²) in [4.78, 5) is 11.8. The first-order valence-corrected chi connectivity index (χ1v) is 4.79. The molecule has 4 nitrogen and oxygen atoms in total. The van der Waals surface area contributed by atoms with Crippen molar-refractivity contribution in [3.05, 3.63) is 28.7 Å². The average Bonchev–Trinajstić information content (AvgIpc) is 2.71. The van der Waals surface area contributed by atoms with Gasteiger partial charge in [-0.3, -0.25) is 4.79 Å². The van der Waals surface area contributed by atoms with Gasteiger partial charge in [0.1, 0.15) is 5.69 Å². The Kier molecular flexibility index (Phi) is 2.54. The molecule has 0 unspecified atom stereocenters. The third-order valence-electron chi connectivity index (χ3n) is 2.54. The Morgan fingerprint density at radius 2 is 2.50 bits per heavy atom. The second-order valence-electron chi connectivity index (χ2n) is 3.40. The van der Waals surface area contributed by atoms with E-state index in [1.54, 1.807) is 17.7 Å². The number of nitrogens with zero attached hydrogens (tertiary/aromatic N) is 1. The number of nitrogens with one attached hydrogen (secondary N) is 1. The molecular weight excluding hydrogens is 180 g/mol. The van der Waals surface area contributed by atoms with Crippen LogP contribution in [0.4, 0.5) is 5.69 Å². The van der Waals surface area contributed by atoms with Crippen LogP contribution >= 0.6 is 0 Å². The van der Waals surface area contributed by atoms with E-state index in [9.17, 15) is 4.79 Å². The number of hydrogen-bond acceptors (Lipinski definition) is 3. The van der Waals surface area contributed by atoms with E-state index >= 15 is 0 Å². The predicted octanol–water partition coefficient (Wildman–Crippen LogP) is 0.851. The van der Waals surface area contributed by atoms with Crippen LogP contribution in [0.15, 0.2) is 23.1 Å². The van der Waals surface area contributed by atoms with Crippen molar-refractivity contribution < 1.29 is 4.74 Å². The SMILES string of the molecule is CNc1cccn([C@@H]2CCOC2)c1=O. The summed E-state index contributed by atoms with van der Waals surface area (Å²) in [7, 11) is 1.76. The highest BCUT2D eigenvalue weighted by Crippen LogP contribution is 2.16. The molecule has 1 aromatic rings. The zero-order valence-corrected chi connectivity index (χ0v) is 8.19. The highest BCUT2D eigenvalue weighted by molar-refractivity contribution is 5.39. The lowest BCUT2D eigenvalue weighted by atomic mass is 10.2. The summed E-state index contributed by atoms with van der Waals surface area (Å²) in [5.41, 5.74) is 0.671. The Labute approximate surface area is 82.5 Å². The molecule has 1 fully saturated rings. The van der Waals surface area contributed by atoms with Gasteiger partial charge in [0.05, 0.1) is 12.6 Å². The Morgan fingerprint density at radius 1 is 1.64 bits per heavy atom. The number of anilines is 1. The molecule has 76 valence electrons. The van der Waals surface area contributed by atoms with Crippen LogP contribution in [0.25, 0.3) is 0 Å². The second kappa shape index (κ2) is 3.84. The molecule has 0 amide bonds. The number of rotatable bonds is 2. The maximum absolute atomic E-state index is 11.8. The van der Waals surface area contributed by atoms with Crippen molar-refractivity contribution in [2.24, 2.45) is 0 Å². The third kappa shape index (κ3) is 1.53. The van der Waals surface area contributed by atoms with Crippen molar-refractivity contribution in [2.45, 2.75) is 12.5 Å². The fourth-order valence-electron chi connectivity index (χ4n) is 1.73. The zero-order chi connectivity index (χ0) is 9.97. The maximum Gasteiger partial charge on any atom is 0.274 e. The van der Waals surface area contributed by atoms with Gasteiger partial charge in [-0.25, -0.2) is 0 Å². The molecule has 1 N–H and O–H groups in total. The highest BCUT2D eigenvalue weighted by atomic mass is 16.5. The number of pyridine rings is 1. The molecule has 0 bridgehead atoms. The van der Waals surface area contributed by atoms with E-state index in [4.69, 9.17) is 4.74 Å². The van der Waals surface area contributed by atoms with Crippen LogP contribution in [0.1, 0.15) is 12.5 Å². The van der Waals surface area contributed by atoms with Gasteiger partial charge in [0.15, 0.2) is 0 Å². The van der Waals surface area contributed by atoms with Gasteiger partial charge in [-0.1, -0.05) is 0 Å². The van der Waals surface area contributed by atoms with Crippen molar-refractivity contribution in [2.75, 3.05) is 25.6 Å². The molecule has 14 heavy (non-hydrogen) atoms. The molecular formula is C10H14N2O2. The summed E-state index contributed by atoms with van der Waals surface area (Å²) in [6.45, 7) is 1.40. The third-order valence-corrected chi connectivity index (χ3v) is 2.54. The van der Waals surface area contributed by atoms with E-state index in [1.807, 2.05) is 12.3 Å². The Balaban J connectivity index is 2.37. The summed E-state index contributed by atoms with van der Waals surface area (Å²) in [5.74, 6) is 0. The van der Waals surface area contributed by atoms with Crippen molar-refractivity contribution in [3.8, 4) is 0 Å². The summed E-state index contributed by atoms with van der Waals surface area (Å²) in [6.07, 6.45) is 2.75. The molecule has 0 radical (unpaired) electrons. The monoisotopic (exact) mass is 194 g/mol. The molecule has 1 atom stereocenters. The first-order chi connectivity index (χ1) is 6.83. The fraction of sp³-hybridized carbons (Fsp3) is 0.500. The predicted molar refractivity (Wildman–Crippen MR) is 54.7 cm³/mol. The smallest absolute Gasteiger partial charge is 0.274 e. The molecule has 0 saturated carbocycles. The second-order valence-corrected chi connectivity index (χ2v) is 3.40. The maximum atomic E-state index is 11.8. The van der Waals surface area contributed by atoms with Crippen molar-refractivity contribution >= 4 is 5.69 Å². The van der Waals surface area contributed by atoms with Crippen LogP contribution in [-0.4, -0.2) is 24.8 Å². The van der Waals surface area contributed by atoms with Crippen LogP contribution in [0.2, 0.25) is 0 Å². The zero-order valence-electron chi connectivity index (χ0n) is 8.19. The van der Waals surface area contributed by atoms with Gasteiger partial charge in [0.25, 0.3) is 5.56 Å². The van der Waals surface area contributed by atoms with E-state index in [0.717, 1.165) is 13.0 Å². The molecule has 0 spiro atoms. The minimum absolute atomic E-state index is 0.0329. The highest BCUT2D eigenvalue weighted by Gasteiger charge is 2.18. The van der Waals surface area contributed by atoms with Crippen LogP contribution in [-0.2, 0) is 4.74 Å². The van der Waals surface area contributed by atoms with Gasteiger partial charge in [-0.15, -0.1) is 0 Å².